The number of piperidine rings is 1. The van der Waals surface area contributed by atoms with Crippen LogP contribution in [0.2, 0.25) is 0 Å². The molecule has 0 amide bonds. The van der Waals surface area contributed by atoms with Crippen molar-refractivity contribution in [1.29, 1.82) is 0 Å². The third-order valence-electron chi connectivity index (χ3n) is 3.58. The van der Waals surface area contributed by atoms with Crippen LogP contribution in [0.1, 0.15) is 19.8 Å². The number of carboxylic acids is 1. The van der Waals surface area contributed by atoms with Crippen LogP contribution in [0.5, 0.6) is 0 Å². The molecule has 1 aliphatic heterocycles. The average Bonchev–Trinajstić information content (AvgIpc) is 2.38. The van der Waals surface area contributed by atoms with Crippen molar-refractivity contribution in [2.45, 2.75) is 19.8 Å². The van der Waals surface area contributed by atoms with Gasteiger partial charge in [0, 0.05) is 19.3 Å². The molecule has 0 radical (unpaired) electrons. The SMILES string of the molecule is CC1(C(=O)O)CCCN(c2c(Br)cncc2[N+](=O)[O-])C1. The van der Waals surface area contributed by atoms with Crippen LogP contribution in [0.3, 0.4) is 0 Å². The number of aromatic nitrogens is 1. The summed E-state index contributed by atoms with van der Waals surface area (Å²) in [6.07, 6.45) is 3.91. The van der Waals surface area contributed by atoms with Crippen molar-refractivity contribution in [3.8, 4) is 0 Å². The number of halogens is 1. The lowest BCUT2D eigenvalue weighted by molar-refractivity contribution is -0.384. The van der Waals surface area contributed by atoms with Crippen molar-refractivity contribution < 1.29 is 14.8 Å². The number of nitrogens with zero attached hydrogens (tertiary/aromatic N) is 3. The second kappa shape index (κ2) is 5.35. The van der Waals surface area contributed by atoms with E-state index < -0.39 is 16.3 Å². The summed E-state index contributed by atoms with van der Waals surface area (Å²) in [5, 5.41) is 20.4. The predicted molar refractivity (Wildman–Crippen MR) is 75.8 cm³/mol. The van der Waals surface area contributed by atoms with Crippen LogP contribution in [0.4, 0.5) is 11.4 Å². The molecule has 0 spiro atoms. The zero-order valence-electron chi connectivity index (χ0n) is 10.9. The fraction of sp³-hybridized carbons (Fsp3) is 0.500. The van der Waals surface area contributed by atoms with E-state index in [0.717, 1.165) is 0 Å². The molecule has 2 heterocycles. The molecule has 1 aromatic heterocycles. The predicted octanol–water partition coefficient (Wildman–Crippen LogP) is 2.44. The molecule has 1 saturated heterocycles. The average molecular weight is 344 g/mol. The normalized spacial score (nSPS) is 22.6. The molecule has 0 aromatic carbocycles. The first-order valence-electron chi connectivity index (χ1n) is 6.11. The summed E-state index contributed by atoms with van der Waals surface area (Å²) in [5.74, 6) is -0.880. The first kappa shape index (κ1) is 14.7. The Bertz CT molecular complexity index is 566. The fourth-order valence-corrected chi connectivity index (χ4v) is 3.04. The minimum atomic E-state index is -0.894. The van der Waals surface area contributed by atoms with Crippen molar-refractivity contribution in [3.63, 3.8) is 0 Å². The summed E-state index contributed by atoms with van der Waals surface area (Å²) in [6.45, 7) is 2.50. The lowest BCUT2D eigenvalue weighted by Gasteiger charge is -2.38. The van der Waals surface area contributed by atoms with Crippen molar-refractivity contribution >= 4 is 33.3 Å². The highest BCUT2D eigenvalue weighted by Gasteiger charge is 2.40. The van der Waals surface area contributed by atoms with Gasteiger partial charge in [0.15, 0.2) is 0 Å². The summed E-state index contributed by atoms with van der Waals surface area (Å²) in [7, 11) is 0. The highest BCUT2D eigenvalue weighted by atomic mass is 79.9. The standard InChI is InChI=1S/C12H14BrN3O4/c1-12(11(17)18)3-2-4-15(7-12)10-8(13)5-14-6-9(10)16(19)20/h5-6H,2-4,7H2,1H3,(H,17,18). The van der Waals surface area contributed by atoms with Crippen LogP contribution >= 0.6 is 15.9 Å². The largest absolute Gasteiger partial charge is 0.481 e. The molecular weight excluding hydrogens is 330 g/mol. The van der Waals surface area contributed by atoms with Gasteiger partial charge in [-0.3, -0.25) is 19.9 Å². The number of aliphatic carboxylic acids is 1. The summed E-state index contributed by atoms with van der Waals surface area (Å²) in [4.78, 5) is 27.5. The number of carboxylic acid groups (broad SMARTS) is 1. The Hall–Kier alpha value is -1.70. The van der Waals surface area contributed by atoms with E-state index in [2.05, 4.69) is 20.9 Å². The molecule has 1 aliphatic rings. The fourth-order valence-electron chi connectivity index (χ4n) is 2.47. The molecule has 1 aromatic rings. The minimum absolute atomic E-state index is 0.117. The summed E-state index contributed by atoms with van der Waals surface area (Å²) >= 11 is 3.27. The maximum absolute atomic E-state index is 11.4. The molecule has 20 heavy (non-hydrogen) atoms. The summed E-state index contributed by atoms with van der Waals surface area (Å²) in [6, 6.07) is 0. The van der Waals surface area contributed by atoms with E-state index in [1.807, 2.05) is 0 Å². The van der Waals surface area contributed by atoms with Gasteiger partial charge in [0.2, 0.25) is 0 Å². The summed E-state index contributed by atoms with van der Waals surface area (Å²) < 4.78 is 0.501. The lowest BCUT2D eigenvalue weighted by atomic mass is 9.82. The van der Waals surface area contributed by atoms with Gasteiger partial charge >= 0.3 is 11.7 Å². The monoisotopic (exact) mass is 343 g/mol. The van der Waals surface area contributed by atoms with E-state index in [0.29, 0.717) is 29.5 Å². The van der Waals surface area contributed by atoms with E-state index in [4.69, 9.17) is 0 Å². The molecule has 1 fully saturated rings. The van der Waals surface area contributed by atoms with Gasteiger partial charge in [-0.15, -0.1) is 0 Å². The Morgan fingerprint density at radius 1 is 1.60 bits per heavy atom. The minimum Gasteiger partial charge on any atom is -0.481 e. The van der Waals surface area contributed by atoms with E-state index in [9.17, 15) is 20.0 Å². The molecule has 7 nitrogen and oxygen atoms in total. The number of hydrogen-bond donors (Lipinski definition) is 1. The van der Waals surface area contributed by atoms with Gasteiger partial charge < -0.3 is 10.0 Å². The van der Waals surface area contributed by atoms with Crippen molar-refractivity contribution in [2.24, 2.45) is 5.41 Å². The number of rotatable bonds is 3. The zero-order chi connectivity index (χ0) is 14.9. The Labute approximate surface area is 123 Å². The molecule has 2 rings (SSSR count). The van der Waals surface area contributed by atoms with Gasteiger partial charge in [0.05, 0.1) is 14.8 Å². The zero-order valence-corrected chi connectivity index (χ0v) is 12.5. The second-order valence-corrected chi connectivity index (χ2v) is 5.99. The van der Waals surface area contributed by atoms with Gasteiger partial charge in [-0.1, -0.05) is 0 Å². The van der Waals surface area contributed by atoms with Gasteiger partial charge in [0.25, 0.3) is 0 Å². The maximum atomic E-state index is 11.4. The van der Waals surface area contributed by atoms with Crippen LogP contribution < -0.4 is 4.90 Å². The van der Waals surface area contributed by atoms with E-state index in [-0.39, 0.29) is 12.2 Å². The molecule has 108 valence electrons. The third-order valence-corrected chi connectivity index (χ3v) is 4.16. The van der Waals surface area contributed by atoms with Crippen LogP contribution in [0, 0.1) is 15.5 Å². The molecule has 1 unspecified atom stereocenters. The van der Waals surface area contributed by atoms with E-state index in [1.165, 1.54) is 12.4 Å². The molecule has 1 atom stereocenters. The highest BCUT2D eigenvalue weighted by molar-refractivity contribution is 9.10. The van der Waals surface area contributed by atoms with E-state index >= 15 is 0 Å². The summed E-state index contributed by atoms with van der Waals surface area (Å²) in [5.41, 5.74) is -0.611. The van der Waals surface area contributed by atoms with Crippen molar-refractivity contribution in [1.82, 2.24) is 4.98 Å². The number of anilines is 1. The molecular formula is C12H14BrN3O4. The van der Waals surface area contributed by atoms with Crippen molar-refractivity contribution in [3.05, 3.63) is 27.0 Å². The van der Waals surface area contributed by atoms with Crippen LogP contribution in [0.15, 0.2) is 16.9 Å². The van der Waals surface area contributed by atoms with Crippen LogP contribution in [-0.2, 0) is 4.79 Å². The number of nitro groups is 1. The molecule has 0 saturated carbocycles. The molecule has 8 heteroatoms. The molecule has 0 bridgehead atoms. The first-order chi connectivity index (χ1) is 9.35. The highest BCUT2D eigenvalue weighted by Crippen LogP contribution is 2.39. The lowest BCUT2D eigenvalue weighted by Crippen LogP contribution is -2.46. The molecule has 0 aliphatic carbocycles. The third kappa shape index (κ3) is 2.60. The molecule has 1 N–H and O–H groups in total. The van der Waals surface area contributed by atoms with Crippen molar-refractivity contribution in [2.75, 3.05) is 18.0 Å². The van der Waals surface area contributed by atoms with Gasteiger partial charge in [-0.05, 0) is 35.7 Å². The topological polar surface area (TPSA) is 96.6 Å². The number of pyridine rings is 1. The van der Waals surface area contributed by atoms with Crippen LogP contribution in [0.25, 0.3) is 0 Å². The van der Waals surface area contributed by atoms with Gasteiger partial charge in [-0.25, -0.2) is 0 Å². The van der Waals surface area contributed by atoms with Crippen LogP contribution in [-0.4, -0.2) is 34.1 Å². The first-order valence-corrected chi connectivity index (χ1v) is 6.91. The Morgan fingerprint density at radius 2 is 2.30 bits per heavy atom. The number of carbonyl (C=O) groups is 1. The maximum Gasteiger partial charge on any atom is 0.311 e. The van der Waals surface area contributed by atoms with Gasteiger partial charge in [-0.2, -0.15) is 0 Å². The quantitative estimate of drug-likeness (QED) is 0.668. The Balaban J connectivity index is 2.41. The smallest absolute Gasteiger partial charge is 0.311 e. The Kier molecular flexibility index (Phi) is 3.94. The number of hydrogen-bond acceptors (Lipinski definition) is 5. The van der Waals surface area contributed by atoms with Gasteiger partial charge in [0.1, 0.15) is 11.9 Å². The second-order valence-electron chi connectivity index (χ2n) is 5.14. The van der Waals surface area contributed by atoms with E-state index in [1.54, 1.807) is 11.8 Å². The Morgan fingerprint density at radius 3 is 2.90 bits per heavy atom.